The first-order valence-corrected chi connectivity index (χ1v) is 4.38. The molecule has 0 aliphatic heterocycles. The van der Waals surface area contributed by atoms with Crippen molar-refractivity contribution in [1.82, 2.24) is 9.97 Å². The summed E-state index contributed by atoms with van der Waals surface area (Å²) in [4.78, 5) is 8.48. The maximum Gasteiger partial charge on any atom is 0.128 e. The quantitative estimate of drug-likeness (QED) is 0.739. The minimum Gasteiger partial charge on any atom is -0.396 e. The van der Waals surface area contributed by atoms with E-state index in [0.717, 1.165) is 30.8 Å². The van der Waals surface area contributed by atoms with E-state index in [1.54, 1.807) is 6.20 Å². The van der Waals surface area contributed by atoms with E-state index >= 15 is 0 Å². The van der Waals surface area contributed by atoms with Gasteiger partial charge < -0.3 is 5.73 Å². The van der Waals surface area contributed by atoms with E-state index < -0.39 is 0 Å². The van der Waals surface area contributed by atoms with Crippen molar-refractivity contribution in [3.05, 3.63) is 17.7 Å². The Kier molecular flexibility index (Phi) is 3.02. The standard InChI is InChI=1S/C9H15N3/c1-3-5-9-11-6-7(10)8(4-2)12-9/h6H,3-5,10H2,1-2H3. The largest absolute Gasteiger partial charge is 0.396 e. The Labute approximate surface area is 73.0 Å². The van der Waals surface area contributed by atoms with Crippen LogP contribution in [0.25, 0.3) is 0 Å². The minimum atomic E-state index is 0.706. The average molecular weight is 165 g/mol. The van der Waals surface area contributed by atoms with Gasteiger partial charge in [0.15, 0.2) is 0 Å². The maximum absolute atomic E-state index is 5.67. The molecule has 0 aliphatic carbocycles. The molecule has 1 rings (SSSR count). The predicted octanol–water partition coefficient (Wildman–Crippen LogP) is 1.57. The topological polar surface area (TPSA) is 51.8 Å². The van der Waals surface area contributed by atoms with Gasteiger partial charge in [-0.3, -0.25) is 0 Å². The normalized spacial score (nSPS) is 10.2. The average Bonchev–Trinajstić information content (AvgIpc) is 2.09. The molecule has 0 aliphatic rings. The molecule has 0 radical (unpaired) electrons. The van der Waals surface area contributed by atoms with Gasteiger partial charge in [-0.15, -0.1) is 0 Å². The summed E-state index contributed by atoms with van der Waals surface area (Å²) in [6, 6.07) is 0. The third kappa shape index (κ3) is 1.94. The lowest BCUT2D eigenvalue weighted by Crippen LogP contribution is -2.02. The molecule has 66 valence electrons. The SMILES string of the molecule is CCCc1ncc(N)c(CC)n1. The van der Waals surface area contributed by atoms with Crippen LogP contribution in [0.3, 0.4) is 0 Å². The molecule has 1 aromatic heterocycles. The van der Waals surface area contributed by atoms with E-state index in [2.05, 4.69) is 23.8 Å². The van der Waals surface area contributed by atoms with Crippen LogP contribution in [-0.4, -0.2) is 9.97 Å². The molecule has 12 heavy (non-hydrogen) atoms. The number of hydrogen-bond acceptors (Lipinski definition) is 3. The van der Waals surface area contributed by atoms with Crippen LogP contribution < -0.4 is 5.73 Å². The first-order chi connectivity index (χ1) is 5.77. The number of nitrogens with zero attached hydrogens (tertiary/aromatic N) is 2. The fourth-order valence-electron chi connectivity index (χ4n) is 1.10. The molecule has 0 bridgehead atoms. The number of nitrogen functional groups attached to an aromatic ring is 1. The van der Waals surface area contributed by atoms with Crippen molar-refractivity contribution in [1.29, 1.82) is 0 Å². The Morgan fingerprint density at radius 2 is 2.17 bits per heavy atom. The van der Waals surface area contributed by atoms with Gasteiger partial charge in [-0.1, -0.05) is 13.8 Å². The van der Waals surface area contributed by atoms with Gasteiger partial charge in [-0.05, 0) is 12.8 Å². The van der Waals surface area contributed by atoms with Crippen LogP contribution >= 0.6 is 0 Å². The van der Waals surface area contributed by atoms with Crippen LogP contribution in [0.4, 0.5) is 5.69 Å². The van der Waals surface area contributed by atoms with E-state index in [1.807, 2.05) is 0 Å². The summed E-state index contributed by atoms with van der Waals surface area (Å²) in [5.41, 5.74) is 7.34. The van der Waals surface area contributed by atoms with Crippen LogP contribution in [0.5, 0.6) is 0 Å². The number of aromatic nitrogens is 2. The lowest BCUT2D eigenvalue weighted by atomic mass is 10.2. The second-order valence-corrected chi connectivity index (χ2v) is 2.79. The summed E-state index contributed by atoms with van der Waals surface area (Å²) >= 11 is 0. The van der Waals surface area contributed by atoms with Gasteiger partial charge in [0.25, 0.3) is 0 Å². The lowest BCUT2D eigenvalue weighted by Gasteiger charge is -2.03. The van der Waals surface area contributed by atoms with Crippen LogP contribution in [0, 0.1) is 0 Å². The fraction of sp³-hybridized carbons (Fsp3) is 0.556. The Morgan fingerprint density at radius 1 is 1.42 bits per heavy atom. The van der Waals surface area contributed by atoms with Gasteiger partial charge in [0.1, 0.15) is 5.82 Å². The molecule has 0 atom stereocenters. The molecule has 0 amide bonds. The van der Waals surface area contributed by atoms with Crippen molar-refractivity contribution >= 4 is 5.69 Å². The van der Waals surface area contributed by atoms with Crippen LogP contribution in [0.15, 0.2) is 6.20 Å². The third-order valence-corrected chi connectivity index (χ3v) is 1.76. The molecular weight excluding hydrogens is 150 g/mol. The van der Waals surface area contributed by atoms with E-state index in [4.69, 9.17) is 5.73 Å². The van der Waals surface area contributed by atoms with Gasteiger partial charge in [0.2, 0.25) is 0 Å². The summed E-state index contributed by atoms with van der Waals surface area (Å²) in [5, 5.41) is 0. The molecule has 0 saturated heterocycles. The molecule has 0 spiro atoms. The predicted molar refractivity (Wildman–Crippen MR) is 49.8 cm³/mol. The van der Waals surface area contributed by atoms with Crippen molar-refractivity contribution in [2.24, 2.45) is 0 Å². The minimum absolute atomic E-state index is 0.706. The lowest BCUT2D eigenvalue weighted by molar-refractivity contribution is 0.816. The molecule has 0 aromatic carbocycles. The van der Waals surface area contributed by atoms with E-state index in [0.29, 0.717) is 5.69 Å². The maximum atomic E-state index is 5.67. The highest BCUT2D eigenvalue weighted by Crippen LogP contribution is 2.08. The Hall–Kier alpha value is -1.12. The first kappa shape index (κ1) is 8.97. The second kappa shape index (κ2) is 4.04. The van der Waals surface area contributed by atoms with Crippen LogP contribution in [0.2, 0.25) is 0 Å². The molecule has 1 aromatic rings. The molecule has 2 N–H and O–H groups in total. The molecule has 0 fully saturated rings. The number of nitrogens with two attached hydrogens (primary N) is 1. The second-order valence-electron chi connectivity index (χ2n) is 2.79. The highest BCUT2D eigenvalue weighted by Gasteiger charge is 2.00. The summed E-state index contributed by atoms with van der Waals surface area (Å²) in [6.45, 7) is 4.17. The molecular formula is C9H15N3. The number of anilines is 1. The third-order valence-electron chi connectivity index (χ3n) is 1.76. The van der Waals surface area contributed by atoms with Gasteiger partial charge in [-0.25, -0.2) is 9.97 Å². The molecule has 3 nitrogen and oxygen atoms in total. The molecule has 3 heteroatoms. The van der Waals surface area contributed by atoms with Crippen molar-refractivity contribution in [3.8, 4) is 0 Å². The van der Waals surface area contributed by atoms with Crippen molar-refractivity contribution in [2.45, 2.75) is 33.1 Å². The smallest absolute Gasteiger partial charge is 0.128 e. The molecule has 1 heterocycles. The van der Waals surface area contributed by atoms with Gasteiger partial charge >= 0.3 is 0 Å². The zero-order valence-corrected chi connectivity index (χ0v) is 7.67. The fourth-order valence-corrected chi connectivity index (χ4v) is 1.10. The molecule has 0 saturated carbocycles. The van der Waals surface area contributed by atoms with Crippen molar-refractivity contribution in [2.75, 3.05) is 5.73 Å². The Balaban J connectivity index is 2.89. The van der Waals surface area contributed by atoms with Gasteiger partial charge in [-0.2, -0.15) is 0 Å². The zero-order chi connectivity index (χ0) is 8.97. The first-order valence-electron chi connectivity index (χ1n) is 4.38. The van der Waals surface area contributed by atoms with Gasteiger partial charge in [0, 0.05) is 6.42 Å². The molecule has 0 unspecified atom stereocenters. The van der Waals surface area contributed by atoms with Crippen molar-refractivity contribution in [3.63, 3.8) is 0 Å². The van der Waals surface area contributed by atoms with E-state index in [9.17, 15) is 0 Å². The zero-order valence-electron chi connectivity index (χ0n) is 7.67. The van der Waals surface area contributed by atoms with Crippen LogP contribution in [-0.2, 0) is 12.8 Å². The van der Waals surface area contributed by atoms with E-state index in [-0.39, 0.29) is 0 Å². The van der Waals surface area contributed by atoms with Gasteiger partial charge in [0.05, 0.1) is 17.6 Å². The highest BCUT2D eigenvalue weighted by molar-refractivity contribution is 5.39. The number of aryl methyl sites for hydroxylation is 2. The summed E-state index contributed by atoms with van der Waals surface area (Å²) in [5.74, 6) is 0.906. The summed E-state index contributed by atoms with van der Waals surface area (Å²) in [6.07, 6.45) is 4.60. The summed E-state index contributed by atoms with van der Waals surface area (Å²) in [7, 11) is 0. The summed E-state index contributed by atoms with van der Waals surface area (Å²) < 4.78 is 0. The number of hydrogen-bond donors (Lipinski definition) is 1. The Morgan fingerprint density at radius 3 is 2.75 bits per heavy atom. The number of rotatable bonds is 3. The van der Waals surface area contributed by atoms with E-state index in [1.165, 1.54) is 0 Å². The monoisotopic (exact) mass is 165 g/mol. The highest BCUT2D eigenvalue weighted by atomic mass is 14.9. The Bertz CT molecular complexity index is 258. The van der Waals surface area contributed by atoms with Crippen LogP contribution in [0.1, 0.15) is 31.8 Å². The van der Waals surface area contributed by atoms with Crippen molar-refractivity contribution < 1.29 is 0 Å².